The van der Waals surface area contributed by atoms with Crippen molar-refractivity contribution in [3.63, 3.8) is 0 Å². The fraction of sp³-hybridized carbons (Fsp3) is 0.0769. The lowest BCUT2D eigenvalue weighted by Gasteiger charge is -1.97. The third-order valence-corrected chi connectivity index (χ3v) is 2.41. The summed E-state index contributed by atoms with van der Waals surface area (Å²) in [4.78, 5) is 10.3. The van der Waals surface area contributed by atoms with Crippen LogP contribution in [0.4, 0.5) is 17.1 Å². The molecular formula is C13H11N3O2. The molecule has 0 spiro atoms. The highest BCUT2D eigenvalue weighted by atomic mass is 16.6. The molecule has 0 aliphatic carbocycles. The van der Waals surface area contributed by atoms with Crippen molar-refractivity contribution in [3.05, 3.63) is 64.2 Å². The van der Waals surface area contributed by atoms with Gasteiger partial charge in [-0.2, -0.15) is 10.2 Å². The fourth-order valence-electron chi connectivity index (χ4n) is 1.52. The zero-order chi connectivity index (χ0) is 13.0. The van der Waals surface area contributed by atoms with E-state index < -0.39 is 4.92 Å². The van der Waals surface area contributed by atoms with Crippen molar-refractivity contribution < 1.29 is 4.92 Å². The Kier molecular flexibility index (Phi) is 3.43. The van der Waals surface area contributed by atoms with Gasteiger partial charge in [0, 0.05) is 11.6 Å². The van der Waals surface area contributed by atoms with Crippen LogP contribution in [0.5, 0.6) is 0 Å². The smallest absolute Gasteiger partial charge is 0.258 e. The number of hydrogen-bond donors (Lipinski definition) is 0. The van der Waals surface area contributed by atoms with Crippen molar-refractivity contribution in [2.24, 2.45) is 10.2 Å². The lowest BCUT2D eigenvalue weighted by Crippen LogP contribution is -1.90. The van der Waals surface area contributed by atoms with Crippen LogP contribution in [0.1, 0.15) is 5.56 Å². The van der Waals surface area contributed by atoms with E-state index in [-0.39, 0.29) is 5.69 Å². The highest BCUT2D eigenvalue weighted by molar-refractivity contribution is 5.50. The van der Waals surface area contributed by atoms with Gasteiger partial charge in [-0.1, -0.05) is 18.2 Å². The molecule has 90 valence electrons. The van der Waals surface area contributed by atoms with Gasteiger partial charge in [-0.25, -0.2) is 0 Å². The van der Waals surface area contributed by atoms with Crippen LogP contribution in [0.2, 0.25) is 0 Å². The molecule has 2 rings (SSSR count). The lowest BCUT2D eigenvalue weighted by molar-refractivity contribution is -0.385. The fourth-order valence-corrected chi connectivity index (χ4v) is 1.52. The van der Waals surface area contributed by atoms with Gasteiger partial charge in [-0.05, 0) is 31.2 Å². The van der Waals surface area contributed by atoms with Gasteiger partial charge in [0.15, 0.2) is 0 Å². The molecule has 5 nitrogen and oxygen atoms in total. The number of nitrogens with zero attached hydrogens (tertiary/aromatic N) is 3. The SMILES string of the molecule is Cc1cc(N=Nc2ccccc2)ccc1[N+](=O)[O-]. The first-order chi connectivity index (χ1) is 8.66. The van der Waals surface area contributed by atoms with E-state index in [1.165, 1.54) is 6.07 Å². The van der Waals surface area contributed by atoms with Crippen LogP contribution in [0, 0.1) is 17.0 Å². The van der Waals surface area contributed by atoms with Crippen molar-refractivity contribution in [1.82, 2.24) is 0 Å². The van der Waals surface area contributed by atoms with Crippen molar-refractivity contribution in [1.29, 1.82) is 0 Å². The summed E-state index contributed by atoms with van der Waals surface area (Å²) in [5.41, 5.74) is 2.01. The number of benzene rings is 2. The van der Waals surface area contributed by atoms with E-state index in [4.69, 9.17) is 0 Å². The van der Waals surface area contributed by atoms with Gasteiger partial charge in [-0.3, -0.25) is 10.1 Å². The molecule has 0 heterocycles. The van der Waals surface area contributed by atoms with Gasteiger partial charge in [0.05, 0.1) is 16.3 Å². The van der Waals surface area contributed by atoms with E-state index in [9.17, 15) is 10.1 Å². The predicted molar refractivity (Wildman–Crippen MR) is 68.5 cm³/mol. The quantitative estimate of drug-likeness (QED) is 0.456. The minimum atomic E-state index is -0.409. The molecule has 0 radical (unpaired) electrons. The number of nitro benzene ring substituents is 1. The summed E-state index contributed by atoms with van der Waals surface area (Å²) in [6.07, 6.45) is 0. The Morgan fingerprint density at radius 1 is 1.00 bits per heavy atom. The van der Waals surface area contributed by atoms with Crippen LogP contribution in [0.25, 0.3) is 0 Å². The molecule has 0 aromatic heterocycles. The molecular weight excluding hydrogens is 230 g/mol. The van der Waals surface area contributed by atoms with Crippen molar-refractivity contribution >= 4 is 17.1 Å². The summed E-state index contributed by atoms with van der Waals surface area (Å²) < 4.78 is 0. The van der Waals surface area contributed by atoms with Gasteiger partial charge in [-0.15, -0.1) is 0 Å². The molecule has 0 unspecified atom stereocenters. The highest BCUT2D eigenvalue weighted by Gasteiger charge is 2.09. The van der Waals surface area contributed by atoms with Gasteiger partial charge < -0.3 is 0 Å². The number of aryl methyl sites for hydroxylation is 1. The average Bonchev–Trinajstić information content (AvgIpc) is 2.37. The number of hydrogen-bond acceptors (Lipinski definition) is 4. The Morgan fingerprint density at radius 2 is 1.67 bits per heavy atom. The van der Waals surface area contributed by atoms with Gasteiger partial charge >= 0.3 is 0 Å². The maximum atomic E-state index is 10.7. The second kappa shape index (κ2) is 5.18. The summed E-state index contributed by atoms with van der Waals surface area (Å²) >= 11 is 0. The second-order valence-electron chi connectivity index (χ2n) is 3.76. The van der Waals surface area contributed by atoms with Crippen molar-refractivity contribution in [2.75, 3.05) is 0 Å². The van der Waals surface area contributed by atoms with Gasteiger partial charge in [0.2, 0.25) is 0 Å². The van der Waals surface area contributed by atoms with E-state index in [0.717, 1.165) is 5.69 Å². The monoisotopic (exact) mass is 241 g/mol. The third-order valence-electron chi connectivity index (χ3n) is 2.41. The molecule has 2 aromatic carbocycles. The maximum Gasteiger partial charge on any atom is 0.272 e. The van der Waals surface area contributed by atoms with Crippen LogP contribution >= 0.6 is 0 Å². The molecule has 0 saturated carbocycles. The number of azo groups is 1. The lowest BCUT2D eigenvalue weighted by atomic mass is 10.2. The molecule has 0 aliphatic heterocycles. The normalized spacial score (nSPS) is 10.7. The van der Waals surface area contributed by atoms with Gasteiger partial charge in [0.25, 0.3) is 5.69 Å². The van der Waals surface area contributed by atoms with Crippen molar-refractivity contribution in [2.45, 2.75) is 6.92 Å². The van der Waals surface area contributed by atoms with Crippen molar-refractivity contribution in [3.8, 4) is 0 Å². The second-order valence-corrected chi connectivity index (χ2v) is 3.76. The third kappa shape index (κ3) is 2.76. The van der Waals surface area contributed by atoms with Crippen LogP contribution in [0.15, 0.2) is 58.8 Å². The topological polar surface area (TPSA) is 67.9 Å². The molecule has 0 N–H and O–H groups in total. The first-order valence-electron chi connectivity index (χ1n) is 5.38. The summed E-state index contributed by atoms with van der Waals surface area (Å²) in [6.45, 7) is 1.68. The maximum absolute atomic E-state index is 10.7. The van der Waals surface area contributed by atoms with E-state index in [1.807, 2.05) is 30.3 Å². The molecule has 0 fully saturated rings. The molecule has 0 saturated heterocycles. The minimum absolute atomic E-state index is 0.0914. The first kappa shape index (κ1) is 11.9. The highest BCUT2D eigenvalue weighted by Crippen LogP contribution is 2.24. The minimum Gasteiger partial charge on any atom is -0.258 e. The molecule has 5 heteroatoms. The summed E-state index contributed by atoms with van der Waals surface area (Å²) in [6, 6.07) is 14.0. The Bertz CT molecular complexity index is 594. The Balaban J connectivity index is 2.23. The van der Waals surface area contributed by atoms with E-state index in [2.05, 4.69) is 10.2 Å². The Labute approximate surface area is 104 Å². The summed E-state index contributed by atoms with van der Waals surface area (Å²) in [7, 11) is 0. The van der Waals surface area contributed by atoms with Crippen LogP contribution < -0.4 is 0 Å². The van der Waals surface area contributed by atoms with E-state index >= 15 is 0 Å². The zero-order valence-electron chi connectivity index (χ0n) is 9.78. The number of nitro groups is 1. The standard InChI is InChI=1S/C13H11N3O2/c1-10-9-12(7-8-13(10)16(17)18)15-14-11-5-3-2-4-6-11/h2-9H,1H3. The first-order valence-corrected chi connectivity index (χ1v) is 5.38. The van der Waals surface area contributed by atoms with E-state index in [0.29, 0.717) is 11.3 Å². The number of rotatable bonds is 3. The van der Waals surface area contributed by atoms with Crippen LogP contribution in [-0.2, 0) is 0 Å². The molecule has 18 heavy (non-hydrogen) atoms. The molecule has 0 aliphatic rings. The van der Waals surface area contributed by atoms with Gasteiger partial charge in [0.1, 0.15) is 0 Å². The molecule has 0 atom stereocenters. The predicted octanol–water partition coefficient (Wildman–Crippen LogP) is 4.32. The Morgan fingerprint density at radius 3 is 2.28 bits per heavy atom. The summed E-state index contributed by atoms with van der Waals surface area (Å²) in [5, 5.41) is 18.8. The molecule has 0 amide bonds. The molecule has 0 bridgehead atoms. The average molecular weight is 241 g/mol. The molecule has 2 aromatic rings. The Hall–Kier alpha value is -2.56. The van der Waals surface area contributed by atoms with Crippen LogP contribution in [-0.4, -0.2) is 4.92 Å². The summed E-state index contributed by atoms with van der Waals surface area (Å²) in [5.74, 6) is 0. The van der Waals surface area contributed by atoms with Crippen LogP contribution in [0.3, 0.4) is 0 Å². The largest absolute Gasteiger partial charge is 0.272 e. The zero-order valence-corrected chi connectivity index (χ0v) is 9.78. The van der Waals surface area contributed by atoms with E-state index in [1.54, 1.807) is 19.1 Å².